The second-order valence-electron chi connectivity index (χ2n) is 12.0. The molecule has 0 bridgehead atoms. The number of hydrogen-bond donors (Lipinski definition) is 4. The first-order valence-electron chi connectivity index (χ1n) is 14.7. The lowest BCUT2D eigenvalue weighted by Gasteiger charge is -2.43. The Labute approximate surface area is 256 Å². The van der Waals surface area contributed by atoms with Crippen LogP contribution in [0, 0.1) is 0 Å². The number of aliphatic carboxylic acids is 1. The van der Waals surface area contributed by atoms with Crippen LogP contribution in [0.5, 0.6) is 17.2 Å². The number of ketones is 2. The SMILES string of the molecule is COc1cccc2c1C(=O)c1c(O)c3c(c(O)c1C2=O)C[C@@](O)(C(=O)O)C[C@@H]3O[C@H]1CC2[C@H](O[C@@H]3[C@@H](OC)OCCN23)[C@H](C)O1. The molecule has 8 atom stereocenters. The van der Waals surface area contributed by atoms with Gasteiger partial charge >= 0.3 is 5.97 Å². The molecule has 14 heteroatoms. The molecule has 240 valence electrons. The molecule has 0 aromatic heterocycles. The number of phenolic OH excluding ortho intramolecular Hbond substituents is 2. The molecule has 7 rings (SSSR count). The van der Waals surface area contributed by atoms with Crippen molar-refractivity contribution >= 4 is 17.5 Å². The standard InChI is InChI=1S/C31H33NO13/c1-12-27-15(32-7-8-42-29(41-3)28(32)45-27)9-18(43-12)44-17-11-31(39,30(37)38)10-14-20(17)26(36)22-21(24(14)34)23(33)13-5-4-6-16(40-2)19(13)25(22)35/h4-6,12,15,17-18,27-29,34,36,39H,7-11H2,1-3H3,(H,37,38)/t12-,15?,17-,18-,27+,28+,29-,31-/m0/s1. The van der Waals surface area contributed by atoms with E-state index in [-0.39, 0.29) is 46.6 Å². The Morgan fingerprint density at radius 1 is 1.07 bits per heavy atom. The first kappa shape index (κ1) is 30.0. The molecule has 45 heavy (non-hydrogen) atoms. The highest BCUT2D eigenvalue weighted by molar-refractivity contribution is 6.31. The summed E-state index contributed by atoms with van der Waals surface area (Å²) in [6.07, 6.45) is -5.10. The van der Waals surface area contributed by atoms with E-state index in [4.69, 9.17) is 28.4 Å². The molecule has 14 nitrogen and oxygen atoms in total. The first-order chi connectivity index (χ1) is 21.5. The Hall–Kier alpha value is -3.63. The number of fused-ring (bicyclic) bond motifs is 6. The molecule has 0 radical (unpaired) electrons. The number of phenols is 2. The predicted octanol–water partition coefficient (Wildman–Crippen LogP) is 1.23. The molecule has 3 fully saturated rings. The van der Waals surface area contributed by atoms with Gasteiger partial charge in [0.2, 0.25) is 5.78 Å². The van der Waals surface area contributed by atoms with E-state index in [2.05, 4.69) is 4.90 Å². The minimum Gasteiger partial charge on any atom is -0.507 e. The zero-order valence-electron chi connectivity index (χ0n) is 24.7. The molecule has 3 heterocycles. The number of methoxy groups -OCH3 is 2. The van der Waals surface area contributed by atoms with E-state index in [1.165, 1.54) is 32.4 Å². The van der Waals surface area contributed by atoms with Gasteiger partial charge in [0.1, 0.15) is 23.4 Å². The number of morpholine rings is 1. The summed E-state index contributed by atoms with van der Waals surface area (Å²) in [4.78, 5) is 41.9. The van der Waals surface area contributed by atoms with Crippen molar-refractivity contribution in [3.05, 3.63) is 51.6 Å². The lowest BCUT2D eigenvalue weighted by atomic mass is 9.73. The van der Waals surface area contributed by atoms with E-state index in [1.807, 2.05) is 6.92 Å². The molecule has 2 aromatic carbocycles. The van der Waals surface area contributed by atoms with Crippen molar-refractivity contribution in [3.8, 4) is 17.2 Å². The monoisotopic (exact) mass is 627 g/mol. The molecule has 3 aliphatic heterocycles. The summed E-state index contributed by atoms with van der Waals surface area (Å²) < 4.78 is 35.2. The van der Waals surface area contributed by atoms with E-state index in [1.54, 1.807) is 0 Å². The van der Waals surface area contributed by atoms with Crippen LogP contribution in [0.15, 0.2) is 18.2 Å². The van der Waals surface area contributed by atoms with Gasteiger partial charge in [0.15, 0.2) is 30.2 Å². The zero-order valence-corrected chi connectivity index (χ0v) is 24.7. The van der Waals surface area contributed by atoms with Crippen LogP contribution in [0.25, 0.3) is 0 Å². The summed E-state index contributed by atoms with van der Waals surface area (Å²) in [7, 11) is 2.87. The number of carbonyl (C=O) groups is 3. The van der Waals surface area contributed by atoms with Crippen molar-refractivity contribution in [2.24, 2.45) is 0 Å². The molecule has 1 unspecified atom stereocenters. The molecular weight excluding hydrogens is 594 g/mol. The summed E-state index contributed by atoms with van der Waals surface area (Å²) in [5.41, 5.74) is -3.79. The third-order valence-corrected chi connectivity index (χ3v) is 9.58. The van der Waals surface area contributed by atoms with Gasteiger partial charge in [-0.25, -0.2) is 4.79 Å². The average molecular weight is 628 g/mol. The molecule has 2 aromatic rings. The molecule has 4 N–H and O–H groups in total. The molecule has 5 aliphatic rings. The van der Waals surface area contributed by atoms with Crippen LogP contribution in [-0.4, -0.2) is 113 Å². The topological polar surface area (TPSA) is 191 Å². The van der Waals surface area contributed by atoms with Crippen LogP contribution in [0.3, 0.4) is 0 Å². The fourth-order valence-electron chi connectivity index (χ4n) is 7.49. The van der Waals surface area contributed by atoms with E-state index < -0.39 is 89.6 Å². The quantitative estimate of drug-likeness (QED) is 0.295. The molecule has 0 amide bonds. The smallest absolute Gasteiger partial charge is 0.336 e. The van der Waals surface area contributed by atoms with Crippen LogP contribution in [0.1, 0.15) is 68.8 Å². The summed E-state index contributed by atoms with van der Waals surface area (Å²) in [5.74, 6) is -4.35. The van der Waals surface area contributed by atoms with E-state index >= 15 is 0 Å². The fraction of sp³-hybridized carbons (Fsp3) is 0.516. The normalized spacial score (nSPS) is 33.9. The Morgan fingerprint density at radius 2 is 1.82 bits per heavy atom. The average Bonchev–Trinajstić information content (AvgIpc) is 3.40. The molecule has 0 spiro atoms. The summed E-state index contributed by atoms with van der Waals surface area (Å²) in [6.45, 7) is 2.80. The van der Waals surface area contributed by atoms with E-state index in [9.17, 15) is 34.8 Å². The highest BCUT2D eigenvalue weighted by atomic mass is 16.7. The third kappa shape index (κ3) is 4.39. The lowest BCUT2D eigenvalue weighted by molar-refractivity contribution is -0.256. The molecule has 0 saturated carbocycles. The van der Waals surface area contributed by atoms with Crippen LogP contribution in [-0.2, 0) is 34.9 Å². The first-order valence-corrected chi connectivity index (χ1v) is 14.7. The second kappa shape index (κ2) is 10.7. The summed E-state index contributed by atoms with van der Waals surface area (Å²) >= 11 is 0. The number of aromatic hydroxyl groups is 2. The minimum absolute atomic E-state index is 0.0475. The number of hydrogen-bond acceptors (Lipinski definition) is 13. The van der Waals surface area contributed by atoms with Gasteiger partial charge in [-0.2, -0.15) is 0 Å². The maximum Gasteiger partial charge on any atom is 0.336 e. The molecule has 3 saturated heterocycles. The van der Waals surface area contributed by atoms with Gasteiger partial charge in [-0.1, -0.05) is 12.1 Å². The minimum atomic E-state index is -2.43. The Kier molecular flexibility index (Phi) is 7.16. The van der Waals surface area contributed by atoms with Gasteiger partial charge in [0.05, 0.1) is 42.6 Å². The molecular formula is C31H33NO13. The lowest BCUT2D eigenvalue weighted by Crippen LogP contribution is -2.55. The number of carboxylic acids is 1. The number of ether oxygens (including phenoxy) is 6. The van der Waals surface area contributed by atoms with Gasteiger partial charge in [-0.05, 0) is 13.0 Å². The highest BCUT2D eigenvalue weighted by Gasteiger charge is 2.55. The van der Waals surface area contributed by atoms with Gasteiger partial charge in [-0.15, -0.1) is 0 Å². The van der Waals surface area contributed by atoms with E-state index in [0.29, 0.717) is 13.2 Å². The van der Waals surface area contributed by atoms with Gasteiger partial charge < -0.3 is 48.8 Å². The zero-order chi connectivity index (χ0) is 31.9. The van der Waals surface area contributed by atoms with Crippen molar-refractivity contribution < 1.29 is 63.2 Å². The van der Waals surface area contributed by atoms with Crippen molar-refractivity contribution in [1.82, 2.24) is 4.90 Å². The summed E-state index contributed by atoms with van der Waals surface area (Å²) in [6, 6.07) is 4.22. The van der Waals surface area contributed by atoms with Crippen molar-refractivity contribution in [3.63, 3.8) is 0 Å². The maximum atomic E-state index is 13.8. The summed E-state index contributed by atoms with van der Waals surface area (Å²) in [5, 5.41) is 44.4. The van der Waals surface area contributed by atoms with Crippen LogP contribution < -0.4 is 4.74 Å². The number of nitrogens with zero attached hydrogens (tertiary/aromatic N) is 1. The highest BCUT2D eigenvalue weighted by Crippen LogP contribution is 2.53. The van der Waals surface area contributed by atoms with Crippen LogP contribution in [0.2, 0.25) is 0 Å². The Morgan fingerprint density at radius 3 is 2.53 bits per heavy atom. The molecule has 2 aliphatic carbocycles. The van der Waals surface area contributed by atoms with Gasteiger partial charge in [-0.3, -0.25) is 14.5 Å². The fourth-order valence-corrected chi connectivity index (χ4v) is 7.49. The number of benzene rings is 2. The van der Waals surface area contributed by atoms with Crippen molar-refractivity contribution in [1.29, 1.82) is 0 Å². The number of carbonyl (C=O) groups excluding carboxylic acids is 2. The maximum absolute atomic E-state index is 13.8. The van der Waals surface area contributed by atoms with E-state index in [0.717, 1.165) is 0 Å². The van der Waals surface area contributed by atoms with Crippen LogP contribution >= 0.6 is 0 Å². The second-order valence-corrected chi connectivity index (χ2v) is 12.0. The van der Waals surface area contributed by atoms with Gasteiger partial charge in [0, 0.05) is 55.6 Å². The Bertz CT molecular complexity index is 1610. The van der Waals surface area contributed by atoms with Gasteiger partial charge in [0.25, 0.3) is 0 Å². The largest absolute Gasteiger partial charge is 0.507 e. The number of carboxylic acid groups (broad SMARTS) is 1. The third-order valence-electron chi connectivity index (χ3n) is 9.58. The Balaban J connectivity index is 1.29. The van der Waals surface area contributed by atoms with Crippen molar-refractivity contribution in [2.75, 3.05) is 27.4 Å². The van der Waals surface area contributed by atoms with Crippen molar-refractivity contribution in [2.45, 2.75) is 74.9 Å². The predicted molar refractivity (Wildman–Crippen MR) is 149 cm³/mol. The van der Waals surface area contributed by atoms with Crippen LogP contribution in [0.4, 0.5) is 0 Å². The number of rotatable bonds is 5. The number of aliphatic hydroxyl groups is 1.